The van der Waals surface area contributed by atoms with E-state index >= 15 is 0 Å². The number of esters is 1. The van der Waals surface area contributed by atoms with Gasteiger partial charge in [-0.2, -0.15) is 8.42 Å². The molecule has 1 aliphatic heterocycles. The molecular weight excluding hydrogens is 510 g/mol. The molecule has 0 bridgehead atoms. The van der Waals surface area contributed by atoms with Crippen LogP contribution in [0.25, 0.3) is 6.08 Å². The smallest absolute Gasteiger partial charge is 0.339 e. The highest BCUT2D eigenvalue weighted by Crippen LogP contribution is 2.35. The van der Waals surface area contributed by atoms with Gasteiger partial charge >= 0.3 is 16.1 Å². The van der Waals surface area contributed by atoms with Crippen molar-refractivity contribution in [1.29, 1.82) is 0 Å². The van der Waals surface area contributed by atoms with Crippen molar-refractivity contribution in [1.82, 2.24) is 4.90 Å². The second-order valence-corrected chi connectivity index (χ2v) is 9.56. The van der Waals surface area contributed by atoms with Crippen LogP contribution >= 0.6 is 27.7 Å². The van der Waals surface area contributed by atoms with E-state index in [1.807, 2.05) is 0 Å². The molecule has 0 unspecified atom stereocenters. The molecule has 0 spiro atoms. The topological polar surface area (TPSA) is 107 Å². The molecule has 0 saturated carbocycles. The molecule has 2 aromatic rings. The molecule has 31 heavy (non-hydrogen) atoms. The predicted octanol–water partition coefficient (Wildman–Crippen LogP) is 3.82. The van der Waals surface area contributed by atoms with E-state index in [9.17, 15) is 22.8 Å². The summed E-state index contributed by atoms with van der Waals surface area (Å²) in [5, 5.41) is -0.626. The highest BCUT2D eigenvalue weighted by atomic mass is 79.9. The van der Waals surface area contributed by atoms with Gasteiger partial charge in [-0.1, -0.05) is 34.1 Å². The summed E-state index contributed by atoms with van der Waals surface area (Å²) in [4.78, 5) is 37.2. The minimum Gasteiger partial charge on any atom is -0.465 e. The van der Waals surface area contributed by atoms with E-state index in [1.165, 1.54) is 24.3 Å². The fourth-order valence-electron chi connectivity index (χ4n) is 2.57. The third kappa shape index (κ3) is 5.54. The molecular formula is C20H16BrNO7S2. The Hall–Kier alpha value is -2.63. The van der Waals surface area contributed by atoms with Crippen molar-refractivity contribution in [3.8, 4) is 5.75 Å². The molecule has 0 aromatic heterocycles. The first kappa shape index (κ1) is 23.0. The van der Waals surface area contributed by atoms with Gasteiger partial charge in [0.25, 0.3) is 11.1 Å². The van der Waals surface area contributed by atoms with Gasteiger partial charge in [0.1, 0.15) is 17.2 Å². The van der Waals surface area contributed by atoms with Gasteiger partial charge in [0.05, 0.1) is 11.5 Å². The Labute approximate surface area is 191 Å². The van der Waals surface area contributed by atoms with E-state index in [-0.39, 0.29) is 27.7 Å². The van der Waals surface area contributed by atoms with Gasteiger partial charge in [0.2, 0.25) is 0 Å². The lowest BCUT2D eigenvalue weighted by Gasteiger charge is -2.11. The average molecular weight is 526 g/mol. The summed E-state index contributed by atoms with van der Waals surface area (Å²) in [5.41, 5.74) is 0.260. The van der Waals surface area contributed by atoms with Crippen LogP contribution in [0.1, 0.15) is 12.5 Å². The van der Waals surface area contributed by atoms with Crippen LogP contribution in [0.2, 0.25) is 0 Å². The summed E-state index contributed by atoms with van der Waals surface area (Å²) in [7, 11) is -4.11. The van der Waals surface area contributed by atoms with Gasteiger partial charge < -0.3 is 8.92 Å². The van der Waals surface area contributed by atoms with Crippen molar-refractivity contribution in [2.45, 2.75) is 11.8 Å². The molecule has 8 nitrogen and oxygen atoms in total. The van der Waals surface area contributed by atoms with Gasteiger partial charge in [-0.15, -0.1) is 0 Å². The summed E-state index contributed by atoms with van der Waals surface area (Å²) in [6.45, 7) is 1.24. The van der Waals surface area contributed by atoms with E-state index in [4.69, 9.17) is 8.92 Å². The molecule has 0 atom stereocenters. The average Bonchev–Trinajstić information content (AvgIpc) is 2.98. The Morgan fingerprint density at radius 1 is 1.16 bits per heavy atom. The minimum absolute atomic E-state index is 0.0226. The summed E-state index contributed by atoms with van der Waals surface area (Å²) in [6, 6.07) is 12.2. The van der Waals surface area contributed by atoms with Gasteiger partial charge in [0, 0.05) is 10.0 Å². The zero-order valence-corrected chi connectivity index (χ0v) is 19.3. The van der Waals surface area contributed by atoms with Crippen LogP contribution in [0.3, 0.4) is 0 Å². The van der Waals surface area contributed by atoms with E-state index in [0.29, 0.717) is 16.2 Å². The molecule has 2 amide bonds. The van der Waals surface area contributed by atoms with Crippen molar-refractivity contribution in [3.63, 3.8) is 0 Å². The summed E-state index contributed by atoms with van der Waals surface area (Å²) in [6.07, 6.45) is 1.34. The quantitative estimate of drug-likeness (QED) is 0.305. The standard InChI is InChI=1S/C20H16BrNO7S2/c1-2-28-18(23)12-22-19(24)17(30-20(22)25)11-13-10-14(21)8-9-16(13)29-31(26,27)15-6-4-3-5-7-15/h3-11H,2,12H2,1H3/b17-11-. The maximum absolute atomic E-state index is 12.6. The van der Waals surface area contributed by atoms with E-state index < -0.39 is 33.8 Å². The number of thioether (sulfide) groups is 1. The Kier molecular flexibility index (Phi) is 7.19. The molecule has 0 N–H and O–H groups in total. The lowest BCUT2D eigenvalue weighted by Crippen LogP contribution is -2.34. The number of hydrogen-bond donors (Lipinski definition) is 0. The fourth-order valence-corrected chi connectivity index (χ4v) is 4.76. The maximum Gasteiger partial charge on any atom is 0.339 e. The number of hydrogen-bond acceptors (Lipinski definition) is 8. The van der Waals surface area contributed by atoms with Crippen LogP contribution in [-0.2, 0) is 24.4 Å². The summed E-state index contributed by atoms with van der Waals surface area (Å²) in [5.74, 6) is -1.41. The molecule has 2 aromatic carbocycles. The van der Waals surface area contributed by atoms with E-state index in [0.717, 1.165) is 4.90 Å². The van der Waals surface area contributed by atoms with E-state index in [2.05, 4.69) is 15.9 Å². The fraction of sp³-hybridized carbons (Fsp3) is 0.150. The van der Waals surface area contributed by atoms with Crippen LogP contribution < -0.4 is 4.18 Å². The zero-order chi connectivity index (χ0) is 22.6. The predicted molar refractivity (Wildman–Crippen MR) is 118 cm³/mol. The second-order valence-electron chi connectivity index (χ2n) is 6.11. The van der Waals surface area contributed by atoms with Crippen LogP contribution in [0, 0.1) is 0 Å². The Morgan fingerprint density at radius 2 is 1.87 bits per heavy atom. The van der Waals surface area contributed by atoms with Crippen LogP contribution in [-0.4, -0.2) is 43.6 Å². The Morgan fingerprint density at radius 3 is 2.55 bits per heavy atom. The number of halogens is 1. The lowest BCUT2D eigenvalue weighted by atomic mass is 10.2. The molecule has 1 heterocycles. The van der Waals surface area contributed by atoms with Crippen molar-refractivity contribution in [2.24, 2.45) is 0 Å². The minimum atomic E-state index is -4.11. The SMILES string of the molecule is CCOC(=O)CN1C(=O)S/C(=C\c2cc(Br)ccc2OS(=O)(=O)c2ccccc2)C1=O. The number of carbonyl (C=O) groups is 3. The van der Waals surface area contributed by atoms with Gasteiger partial charge in [-0.05, 0) is 55.1 Å². The first-order valence-corrected chi connectivity index (χ1v) is 11.9. The van der Waals surface area contributed by atoms with Crippen molar-refractivity contribution in [3.05, 3.63) is 63.5 Å². The number of ether oxygens (including phenoxy) is 1. The highest BCUT2D eigenvalue weighted by Gasteiger charge is 2.37. The Bertz CT molecular complexity index is 1160. The highest BCUT2D eigenvalue weighted by molar-refractivity contribution is 9.10. The molecule has 1 saturated heterocycles. The molecule has 162 valence electrons. The van der Waals surface area contributed by atoms with Crippen LogP contribution in [0.5, 0.6) is 5.75 Å². The second kappa shape index (κ2) is 9.67. The van der Waals surface area contributed by atoms with Crippen molar-refractivity contribution in [2.75, 3.05) is 13.2 Å². The zero-order valence-electron chi connectivity index (χ0n) is 16.1. The number of rotatable bonds is 7. The normalized spacial score (nSPS) is 15.4. The molecule has 3 rings (SSSR count). The number of amides is 2. The van der Waals surface area contributed by atoms with Crippen LogP contribution in [0.15, 0.2) is 62.8 Å². The monoisotopic (exact) mass is 525 g/mol. The maximum atomic E-state index is 12.6. The summed E-state index contributed by atoms with van der Waals surface area (Å²) < 4.78 is 35.8. The number of carbonyl (C=O) groups excluding carboxylic acids is 3. The van der Waals surface area contributed by atoms with Crippen molar-refractivity contribution < 1.29 is 31.7 Å². The molecule has 1 aliphatic rings. The van der Waals surface area contributed by atoms with Crippen molar-refractivity contribution >= 4 is 61.0 Å². The van der Waals surface area contributed by atoms with Crippen LogP contribution in [0.4, 0.5) is 4.79 Å². The number of imide groups is 1. The number of benzene rings is 2. The third-order valence-electron chi connectivity index (χ3n) is 3.96. The third-order valence-corrected chi connectivity index (χ3v) is 6.61. The molecule has 0 radical (unpaired) electrons. The lowest BCUT2D eigenvalue weighted by molar-refractivity contribution is -0.145. The van der Waals surface area contributed by atoms with E-state index in [1.54, 1.807) is 37.3 Å². The Balaban J connectivity index is 1.91. The first-order valence-electron chi connectivity index (χ1n) is 8.91. The summed E-state index contributed by atoms with van der Waals surface area (Å²) >= 11 is 3.93. The van der Waals surface area contributed by atoms with Gasteiger partial charge in [0.15, 0.2) is 0 Å². The van der Waals surface area contributed by atoms with Gasteiger partial charge in [-0.3, -0.25) is 19.3 Å². The molecule has 11 heteroatoms. The molecule has 1 fully saturated rings. The molecule has 0 aliphatic carbocycles. The largest absolute Gasteiger partial charge is 0.465 e. The first-order chi connectivity index (χ1) is 14.7. The number of nitrogens with zero attached hydrogens (tertiary/aromatic N) is 1. The van der Waals surface area contributed by atoms with Gasteiger partial charge in [-0.25, -0.2) is 0 Å².